The molecule has 1 rings (SSSR count). The first kappa shape index (κ1) is 8.08. The van der Waals surface area contributed by atoms with Crippen molar-refractivity contribution in [1.82, 2.24) is 0 Å². The Morgan fingerprint density at radius 3 is 2.40 bits per heavy atom. The van der Waals surface area contributed by atoms with Crippen molar-refractivity contribution in [3.8, 4) is 0 Å². The van der Waals surface area contributed by atoms with E-state index in [1.54, 1.807) is 0 Å². The minimum Gasteiger partial charge on any atom is -0.398 e. The summed E-state index contributed by atoms with van der Waals surface area (Å²) in [5.74, 6) is 0. The summed E-state index contributed by atoms with van der Waals surface area (Å²) in [5, 5.41) is 0. The lowest BCUT2D eigenvalue weighted by Gasteiger charge is -2.03. The number of aryl methyl sites for hydroxylation is 1. The molecule has 0 saturated carbocycles. The zero-order valence-electron chi connectivity index (χ0n) is 5.49. The van der Waals surface area contributed by atoms with E-state index >= 15 is 0 Å². The van der Waals surface area contributed by atoms with Gasteiger partial charge < -0.3 is 5.73 Å². The Morgan fingerprint density at radius 2 is 1.90 bits per heavy atom. The molecule has 0 unspecified atom stereocenters. The van der Waals surface area contributed by atoms with Crippen molar-refractivity contribution in [1.29, 1.82) is 0 Å². The van der Waals surface area contributed by atoms with E-state index in [9.17, 15) is 0 Å². The number of anilines is 1. The average molecular weight is 265 g/mol. The van der Waals surface area contributed by atoms with Crippen LogP contribution in [0.1, 0.15) is 5.56 Å². The molecule has 0 aliphatic carbocycles. The van der Waals surface area contributed by atoms with Crippen LogP contribution in [0.5, 0.6) is 0 Å². The number of halogens is 2. The molecule has 0 aliphatic rings. The van der Waals surface area contributed by atoms with E-state index in [1.807, 2.05) is 19.1 Å². The van der Waals surface area contributed by atoms with Crippen LogP contribution in [0.2, 0.25) is 0 Å². The van der Waals surface area contributed by atoms with Gasteiger partial charge >= 0.3 is 0 Å². The molecule has 0 atom stereocenters. The monoisotopic (exact) mass is 263 g/mol. The van der Waals surface area contributed by atoms with E-state index < -0.39 is 0 Å². The Bertz CT molecular complexity index is 231. The van der Waals surface area contributed by atoms with Crippen LogP contribution < -0.4 is 5.73 Å². The van der Waals surface area contributed by atoms with Gasteiger partial charge in [-0.15, -0.1) is 0 Å². The molecule has 0 aromatic heterocycles. The number of benzene rings is 1. The molecule has 0 heterocycles. The van der Waals surface area contributed by atoms with Gasteiger partial charge in [-0.3, -0.25) is 0 Å². The molecule has 0 saturated heterocycles. The number of nitrogens with two attached hydrogens (primary N) is 1. The minimum absolute atomic E-state index is 0.800. The number of rotatable bonds is 0. The van der Waals surface area contributed by atoms with E-state index in [4.69, 9.17) is 5.73 Å². The number of hydrogen-bond donors (Lipinski definition) is 1. The molecule has 2 N–H and O–H groups in total. The highest BCUT2D eigenvalue weighted by Gasteiger charge is 2.01. The molecule has 1 nitrogen and oxygen atoms in total. The summed E-state index contributed by atoms with van der Waals surface area (Å²) >= 11 is 6.71. The summed E-state index contributed by atoms with van der Waals surface area (Å²) in [6.45, 7) is 1.98. The van der Waals surface area contributed by atoms with Gasteiger partial charge in [0.1, 0.15) is 0 Å². The summed E-state index contributed by atoms with van der Waals surface area (Å²) in [5.41, 5.74) is 7.60. The van der Waals surface area contributed by atoms with Crippen molar-refractivity contribution in [2.24, 2.45) is 0 Å². The van der Waals surface area contributed by atoms with E-state index in [1.165, 1.54) is 0 Å². The zero-order valence-corrected chi connectivity index (χ0v) is 8.66. The molecule has 1 aromatic carbocycles. The molecule has 54 valence electrons. The first-order chi connectivity index (χ1) is 4.63. The summed E-state index contributed by atoms with van der Waals surface area (Å²) < 4.78 is 1.93. The van der Waals surface area contributed by atoms with Gasteiger partial charge in [0.05, 0.1) is 4.47 Å². The van der Waals surface area contributed by atoms with Crippen LogP contribution in [0, 0.1) is 6.92 Å². The van der Waals surface area contributed by atoms with E-state index in [2.05, 4.69) is 31.9 Å². The van der Waals surface area contributed by atoms with Crippen LogP contribution in [0.3, 0.4) is 0 Å². The van der Waals surface area contributed by atoms with E-state index in [-0.39, 0.29) is 0 Å². The molecule has 0 amide bonds. The highest BCUT2D eigenvalue weighted by atomic mass is 79.9. The van der Waals surface area contributed by atoms with Gasteiger partial charge in [-0.1, -0.05) is 6.07 Å². The average Bonchev–Trinajstić information content (AvgIpc) is 1.93. The van der Waals surface area contributed by atoms with Gasteiger partial charge in [0.25, 0.3) is 0 Å². The maximum Gasteiger partial charge on any atom is 0.0549 e. The van der Waals surface area contributed by atoms with Crippen LogP contribution in [0.25, 0.3) is 0 Å². The largest absolute Gasteiger partial charge is 0.398 e. The highest BCUT2D eigenvalue weighted by Crippen LogP contribution is 2.30. The Hall–Kier alpha value is -0.0200. The van der Waals surface area contributed by atoms with Gasteiger partial charge in [-0.05, 0) is 50.4 Å². The molecule has 0 fully saturated rings. The summed E-state index contributed by atoms with van der Waals surface area (Å²) in [4.78, 5) is 0. The predicted molar refractivity (Wildman–Crippen MR) is 51.0 cm³/mol. The maximum absolute atomic E-state index is 5.71. The first-order valence-electron chi connectivity index (χ1n) is 2.83. The summed E-state index contributed by atoms with van der Waals surface area (Å²) in [6, 6.07) is 3.94. The van der Waals surface area contributed by atoms with Gasteiger partial charge in [0, 0.05) is 10.2 Å². The normalized spacial score (nSPS) is 9.90. The molecule has 0 aliphatic heterocycles. The van der Waals surface area contributed by atoms with Crippen LogP contribution in [-0.4, -0.2) is 0 Å². The molecular weight excluding hydrogens is 258 g/mol. The molecule has 10 heavy (non-hydrogen) atoms. The summed E-state index contributed by atoms with van der Waals surface area (Å²) in [7, 11) is 0. The Labute approximate surface area is 76.9 Å². The lowest BCUT2D eigenvalue weighted by atomic mass is 10.2. The van der Waals surface area contributed by atoms with Crippen LogP contribution >= 0.6 is 31.9 Å². The lowest BCUT2D eigenvalue weighted by molar-refractivity contribution is 1.43. The third-order valence-electron chi connectivity index (χ3n) is 1.35. The van der Waals surface area contributed by atoms with Crippen molar-refractivity contribution in [3.63, 3.8) is 0 Å². The maximum atomic E-state index is 5.71. The van der Waals surface area contributed by atoms with Crippen molar-refractivity contribution in [2.75, 3.05) is 5.73 Å². The standard InChI is InChI=1S/C7H7Br2N/c1-4-2-3-5(8)6(9)7(4)10/h2-3H,10H2,1H3. The Morgan fingerprint density at radius 1 is 1.30 bits per heavy atom. The molecule has 3 heteroatoms. The van der Waals surface area contributed by atoms with Gasteiger partial charge in [-0.25, -0.2) is 0 Å². The quantitative estimate of drug-likeness (QED) is 0.716. The lowest BCUT2D eigenvalue weighted by Crippen LogP contribution is -1.90. The van der Waals surface area contributed by atoms with Crippen molar-refractivity contribution < 1.29 is 0 Å². The molecular formula is C7H7Br2N. The molecule has 1 aromatic rings. The van der Waals surface area contributed by atoms with E-state index in [0.29, 0.717) is 0 Å². The number of nitrogen functional groups attached to an aromatic ring is 1. The van der Waals surface area contributed by atoms with Gasteiger partial charge in [0.2, 0.25) is 0 Å². The Balaban J connectivity index is 3.34. The second-order valence-corrected chi connectivity index (χ2v) is 3.74. The zero-order chi connectivity index (χ0) is 7.72. The van der Waals surface area contributed by atoms with Crippen molar-refractivity contribution in [2.45, 2.75) is 6.92 Å². The van der Waals surface area contributed by atoms with Crippen molar-refractivity contribution in [3.05, 3.63) is 26.6 Å². The van der Waals surface area contributed by atoms with Gasteiger partial charge in [0.15, 0.2) is 0 Å². The Kier molecular flexibility index (Phi) is 2.36. The topological polar surface area (TPSA) is 26.0 Å². The fourth-order valence-electron chi connectivity index (χ4n) is 0.663. The minimum atomic E-state index is 0.800. The second-order valence-electron chi connectivity index (χ2n) is 2.09. The molecule has 0 bridgehead atoms. The highest BCUT2D eigenvalue weighted by molar-refractivity contribution is 9.13. The summed E-state index contributed by atoms with van der Waals surface area (Å²) in [6.07, 6.45) is 0. The SMILES string of the molecule is Cc1ccc(Br)c(Br)c1N. The van der Waals surface area contributed by atoms with Crippen LogP contribution in [-0.2, 0) is 0 Å². The molecule has 0 spiro atoms. The fraction of sp³-hybridized carbons (Fsp3) is 0.143. The van der Waals surface area contributed by atoms with Crippen molar-refractivity contribution >= 4 is 37.5 Å². The third-order valence-corrected chi connectivity index (χ3v) is 3.40. The number of hydrogen-bond acceptors (Lipinski definition) is 1. The fourth-order valence-corrected chi connectivity index (χ4v) is 1.45. The molecule has 0 radical (unpaired) electrons. The smallest absolute Gasteiger partial charge is 0.0549 e. The predicted octanol–water partition coefficient (Wildman–Crippen LogP) is 3.10. The van der Waals surface area contributed by atoms with E-state index in [0.717, 1.165) is 20.2 Å². The van der Waals surface area contributed by atoms with Crippen LogP contribution in [0.4, 0.5) is 5.69 Å². The first-order valence-corrected chi connectivity index (χ1v) is 4.41. The third kappa shape index (κ3) is 1.35. The second kappa shape index (κ2) is 2.93. The van der Waals surface area contributed by atoms with Crippen LogP contribution in [0.15, 0.2) is 21.1 Å². The van der Waals surface area contributed by atoms with Gasteiger partial charge in [-0.2, -0.15) is 0 Å².